The number of para-hydroxylation sites is 1. The number of carbonyl (C=O) groups excluding carboxylic acids is 2. The summed E-state index contributed by atoms with van der Waals surface area (Å²) in [4.78, 5) is 24.3. The van der Waals surface area contributed by atoms with Crippen molar-refractivity contribution in [2.75, 3.05) is 5.32 Å². The van der Waals surface area contributed by atoms with E-state index in [1.165, 1.54) is 12.1 Å². The molecule has 29 heavy (non-hydrogen) atoms. The Morgan fingerprint density at radius 3 is 2.31 bits per heavy atom. The van der Waals surface area contributed by atoms with Gasteiger partial charge in [-0.25, -0.2) is 4.39 Å². The third-order valence-corrected chi connectivity index (χ3v) is 4.21. The van der Waals surface area contributed by atoms with Crippen molar-refractivity contribution >= 4 is 28.5 Å². The number of benzene rings is 3. The number of amides is 2. The highest BCUT2D eigenvalue weighted by molar-refractivity contribution is 6.14. The second-order valence-corrected chi connectivity index (χ2v) is 6.20. The average molecular weight is 390 g/mol. The fourth-order valence-corrected chi connectivity index (χ4v) is 2.85. The third-order valence-electron chi connectivity index (χ3n) is 4.21. The molecule has 0 radical (unpaired) electrons. The highest BCUT2D eigenvalue weighted by Gasteiger charge is 2.21. The largest absolute Gasteiger partial charge is 0.457 e. The molecule has 0 fully saturated rings. The molecule has 0 atom stereocenters. The van der Waals surface area contributed by atoms with Crippen molar-refractivity contribution in [3.63, 3.8) is 0 Å². The predicted octanol–water partition coefficient (Wildman–Crippen LogP) is 4.72. The molecular weight excluding hydrogens is 375 g/mol. The number of fused-ring (bicyclic) bond motifs is 1. The van der Waals surface area contributed by atoms with Gasteiger partial charge in [0.1, 0.15) is 28.6 Å². The lowest BCUT2D eigenvalue weighted by molar-refractivity contribution is 0.0977. The van der Waals surface area contributed by atoms with Gasteiger partial charge < -0.3 is 20.2 Å². The number of nitrogens with two attached hydrogens (primary N) is 1. The van der Waals surface area contributed by atoms with E-state index in [1.54, 1.807) is 24.3 Å². The molecule has 144 valence electrons. The molecule has 0 aliphatic rings. The van der Waals surface area contributed by atoms with Crippen molar-refractivity contribution in [3.8, 4) is 11.5 Å². The van der Waals surface area contributed by atoms with Crippen LogP contribution in [0.4, 0.5) is 10.1 Å². The number of hydrogen-bond acceptors (Lipinski definition) is 4. The van der Waals surface area contributed by atoms with Gasteiger partial charge in [0, 0.05) is 10.9 Å². The minimum Gasteiger partial charge on any atom is -0.457 e. The number of rotatable bonds is 5. The van der Waals surface area contributed by atoms with Crippen LogP contribution in [0, 0.1) is 5.82 Å². The smallest absolute Gasteiger partial charge is 0.286 e. The Hall–Kier alpha value is -4.13. The number of anilines is 1. The van der Waals surface area contributed by atoms with Crippen LogP contribution in [-0.4, -0.2) is 11.8 Å². The summed E-state index contributed by atoms with van der Waals surface area (Å²) in [7, 11) is 0. The lowest BCUT2D eigenvalue weighted by Gasteiger charge is -2.08. The Balaban J connectivity index is 1.59. The van der Waals surface area contributed by atoms with Crippen LogP contribution in [0.2, 0.25) is 0 Å². The van der Waals surface area contributed by atoms with Gasteiger partial charge in [0.25, 0.3) is 11.8 Å². The van der Waals surface area contributed by atoms with E-state index in [-0.39, 0.29) is 22.4 Å². The van der Waals surface area contributed by atoms with Crippen LogP contribution < -0.4 is 15.8 Å². The maximum absolute atomic E-state index is 13.6. The molecule has 2 amide bonds. The van der Waals surface area contributed by atoms with Crippen molar-refractivity contribution in [1.82, 2.24) is 0 Å². The number of primary amides is 1. The molecule has 1 aromatic heterocycles. The van der Waals surface area contributed by atoms with Gasteiger partial charge in [0.05, 0.1) is 0 Å². The second kappa shape index (κ2) is 7.47. The van der Waals surface area contributed by atoms with Gasteiger partial charge in [-0.1, -0.05) is 18.2 Å². The first kappa shape index (κ1) is 18.2. The summed E-state index contributed by atoms with van der Waals surface area (Å²) in [6, 6.07) is 19.4. The highest BCUT2D eigenvalue weighted by atomic mass is 19.1. The fraction of sp³-hybridized carbons (Fsp3) is 0. The standard InChI is InChI=1S/C22H15FN2O4/c23-14-8-11-18-17(12-14)19(20(29-18)21(24)26)25-22(27)13-6-9-16(10-7-13)28-15-4-2-1-3-5-15/h1-12H,(H2,24,26)(H,25,27). The molecular formula is C22H15FN2O4. The van der Waals surface area contributed by atoms with Crippen LogP contribution in [0.1, 0.15) is 20.9 Å². The molecule has 1 heterocycles. The van der Waals surface area contributed by atoms with Gasteiger partial charge in [0.2, 0.25) is 5.76 Å². The number of ether oxygens (including phenoxy) is 1. The monoisotopic (exact) mass is 390 g/mol. The zero-order chi connectivity index (χ0) is 20.4. The summed E-state index contributed by atoms with van der Waals surface area (Å²) in [5, 5.41) is 2.83. The van der Waals surface area contributed by atoms with Crippen molar-refractivity contribution in [1.29, 1.82) is 0 Å². The number of nitrogens with one attached hydrogen (secondary N) is 1. The van der Waals surface area contributed by atoms with E-state index in [1.807, 2.05) is 30.3 Å². The van der Waals surface area contributed by atoms with E-state index in [0.29, 0.717) is 17.1 Å². The summed E-state index contributed by atoms with van der Waals surface area (Å²) in [6.07, 6.45) is 0. The minimum absolute atomic E-state index is 0.0293. The van der Waals surface area contributed by atoms with Crippen LogP contribution in [0.3, 0.4) is 0 Å². The Bertz CT molecular complexity index is 1200. The van der Waals surface area contributed by atoms with Crippen LogP contribution in [0.5, 0.6) is 11.5 Å². The lowest BCUT2D eigenvalue weighted by Crippen LogP contribution is -2.17. The summed E-state index contributed by atoms with van der Waals surface area (Å²) in [6.45, 7) is 0. The van der Waals surface area contributed by atoms with Crippen LogP contribution in [0.15, 0.2) is 77.2 Å². The molecule has 0 spiro atoms. The lowest BCUT2D eigenvalue weighted by atomic mass is 10.1. The maximum Gasteiger partial charge on any atom is 0.286 e. The first-order valence-corrected chi connectivity index (χ1v) is 8.67. The molecule has 0 saturated carbocycles. The summed E-state index contributed by atoms with van der Waals surface area (Å²) in [5.41, 5.74) is 5.91. The average Bonchev–Trinajstić information content (AvgIpc) is 3.07. The van der Waals surface area contributed by atoms with E-state index in [4.69, 9.17) is 14.9 Å². The maximum atomic E-state index is 13.6. The van der Waals surface area contributed by atoms with Gasteiger partial charge in [-0.15, -0.1) is 0 Å². The summed E-state index contributed by atoms with van der Waals surface area (Å²) < 4.78 is 24.7. The first-order chi connectivity index (χ1) is 14.0. The van der Waals surface area contributed by atoms with E-state index in [2.05, 4.69) is 5.32 Å². The Kier molecular flexibility index (Phi) is 4.70. The number of halogens is 1. The summed E-state index contributed by atoms with van der Waals surface area (Å²) >= 11 is 0. The number of furan rings is 1. The normalized spacial score (nSPS) is 10.7. The molecule has 0 unspecified atom stereocenters. The van der Waals surface area contributed by atoms with Gasteiger partial charge in [-0.2, -0.15) is 0 Å². The van der Waals surface area contributed by atoms with Crippen molar-refractivity contribution in [3.05, 3.63) is 89.9 Å². The summed E-state index contributed by atoms with van der Waals surface area (Å²) in [5.74, 6) is -0.937. The second-order valence-electron chi connectivity index (χ2n) is 6.20. The van der Waals surface area contributed by atoms with Crippen LogP contribution >= 0.6 is 0 Å². The molecule has 4 aromatic rings. The zero-order valence-electron chi connectivity index (χ0n) is 15.0. The van der Waals surface area contributed by atoms with Crippen LogP contribution in [-0.2, 0) is 0 Å². The topological polar surface area (TPSA) is 94.6 Å². The third kappa shape index (κ3) is 3.79. The van der Waals surface area contributed by atoms with E-state index in [9.17, 15) is 14.0 Å². The molecule has 7 heteroatoms. The Morgan fingerprint density at radius 2 is 1.62 bits per heavy atom. The van der Waals surface area contributed by atoms with E-state index in [0.717, 1.165) is 6.07 Å². The highest BCUT2D eigenvalue weighted by Crippen LogP contribution is 2.32. The van der Waals surface area contributed by atoms with Gasteiger partial charge in [-0.3, -0.25) is 9.59 Å². The Morgan fingerprint density at radius 1 is 0.931 bits per heavy atom. The SMILES string of the molecule is NC(=O)c1oc2ccc(F)cc2c1NC(=O)c1ccc(Oc2ccccc2)cc1. The molecule has 6 nitrogen and oxygen atoms in total. The first-order valence-electron chi connectivity index (χ1n) is 8.67. The van der Waals surface area contributed by atoms with Gasteiger partial charge in [-0.05, 0) is 54.6 Å². The molecule has 0 aliphatic heterocycles. The number of hydrogen-bond donors (Lipinski definition) is 2. The molecule has 0 saturated heterocycles. The minimum atomic E-state index is -0.872. The molecule has 0 bridgehead atoms. The zero-order valence-corrected chi connectivity index (χ0v) is 15.0. The quantitative estimate of drug-likeness (QED) is 0.516. The van der Waals surface area contributed by atoms with Gasteiger partial charge in [0.15, 0.2) is 0 Å². The van der Waals surface area contributed by atoms with Crippen molar-refractivity contribution in [2.24, 2.45) is 5.73 Å². The molecule has 3 N–H and O–H groups in total. The number of carbonyl (C=O) groups is 2. The van der Waals surface area contributed by atoms with Crippen molar-refractivity contribution < 1.29 is 23.1 Å². The Labute approximate surface area is 164 Å². The fourth-order valence-electron chi connectivity index (χ4n) is 2.85. The molecule has 4 rings (SSSR count). The van der Waals surface area contributed by atoms with Crippen LogP contribution in [0.25, 0.3) is 11.0 Å². The van der Waals surface area contributed by atoms with Crippen molar-refractivity contribution in [2.45, 2.75) is 0 Å². The van der Waals surface area contributed by atoms with E-state index >= 15 is 0 Å². The van der Waals surface area contributed by atoms with Gasteiger partial charge >= 0.3 is 0 Å². The molecule has 3 aromatic carbocycles. The van der Waals surface area contributed by atoms with E-state index < -0.39 is 17.6 Å². The predicted molar refractivity (Wildman–Crippen MR) is 106 cm³/mol. The molecule has 0 aliphatic carbocycles.